The van der Waals surface area contributed by atoms with E-state index in [1.165, 1.54) is 0 Å². The third-order valence-electron chi connectivity index (χ3n) is 0.823. The minimum Gasteiger partial charge on any atom is -0.474 e. The van der Waals surface area contributed by atoms with Crippen LogP contribution in [0.3, 0.4) is 0 Å². The second-order valence-electron chi connectivity index (χ2n) is 1.75. The highest BCUT2D eigenvalue weighted by Crippen LogP contribution is 2.20. The summed E-state index contributed by atoms with van der Waals surface area (Å²) in [6.45, 7) is -1.75. The van der Waals surface area contributed by atoms with Crippen molar-refractivity contribution in [1.82, 2.24) is 4.98 Å². The Bertz CT molecular complexity index is 473. The Kier molecular flexibility index (Phi) is 0.957. The molecule has 1 aromatic rings. The van der Waals surface area contributed by atoms with Crippen molar-refractivity contribution in [2.24, 2.45) is 0 Å². The Morgan fingerprint density at radius 2 is 2.82 bits per heavy atom. The molecule has 0 N–H and O–H groups in total. The zero-order valence-corrected chi connectivity index (χ0v) is 6.49. The number of aromatic nitrogens is 1. The summed E-state index contributed by atoms with van der Waals surface area (Å²) in [4.78, 5) is 3.47. The molecule has 0 spiro atoms. The molecule has 0 aliphatic heterocycles. The van der Waals surface area contributed by atoms with Crippen molar-refractivity contribution in [3.63, 3.8) is 0 Å². The van der Waals surface area contributed by atoms with Crippen LogP contribution in [-0.4, -0.2) is 11.1 Å². The van der Waals surface area contributed by atoms with Gasteiger partial charge in [-0.2, -0.15) is 0 Å². The van der Waals surface area contributed by atoms with Crippen LogP contribution < -0.4 is 4.74 Å². The van der Waals surface area contributed by atoms with Crippen LogP contribution in [0.1, 0.15) is 23.4 Å². The molecule has 1 unspecified atom stereocenters. The fourth-order valence-corrected chi connectivity index (χ4v) is 0.605. The molecule has 0 aliphatic rings. The van der Waals surface area contributed by atoms with Gasteiger partial charge < -0.3 is 4.74 Å². The lowest BCUT2D eigenvalue weighted by Crippen LogP contribution is -2.06. The first-order chi connectivity index (χ1) is 7.97. The first-order valence-electron chi connectivity index (χ1n) is 6.29. The third-order valence-corrected chi connectivity index (χ3v) is 1.08. The quantitative estimate of drug-likeness (QED) is 0.695. The van der Waals surface area contributed by atoms with Crippen molar-refractivity contribution in [2.75, 3.05) is 0 Å². The lowest BCUT2D eigenvalue weighted by Gasteiger charge is -2.08. The van der Waals surface area contributed by atoms with Gasteiger partial charge in [-0.3, -0.25) is 0 Å². The van der Waals surface area contributed by atoms with Crippen molar-refractivity contribution in [3.8, 4) is 5.88 Å². The number of halogens is 1. The van der Waals surface area contributed by atoms with Crippen molar-refractivity contribution in [1.29, 1.82) is 0 Å². The minimum absolute atomic E-state index is 0.390. The topological polar surface area (TPSA) is 22.1 Å². The Morgan fingerprint density at radius 3 is 3.55 bits per heavy atom. The van der Waals surface area contributed by atoms with Gasteiger partial charge in [0.05, 0.1) is 11.6 Å². The molecule has 1 atom stereocenters. The SMILES string of the molecule is [2H]c1nc(OC([2H])(C)C([2H])([2H])[2H])c(Cl)c([2H])c1[2H]. The molecule has 60 valence electrons. The van der Waals surface area contributed by atoms with E-state index in [9.17, 15) is 0 Å². The van der Waals surface area contributed by atoms with E-state index in [0.717, 1.165) is 6.92 Å². The smallest absolute Gasteiger partial charge is 0.232 e. The lowest BCUT2D eigenvalue weighted by molar-refractivity contribution is 0.233. The number of hydrogen-bond acceptors (Lipinski definition) is 2. The maximum Gasteiger partial charge on any atom is 0.232 e. The van der Waals surface area contributed by atoms with E-state index in [0.29, 0.717) is 0 Å². The molecule has 1 aromatic heterocycles. The van der Waals surface area contributed by atoms with Crippen LogP contribution >= 0.6 is 11.6 Å². The zero-order valence-electron chi connectivity index (χ0n) is 12.7. The van der Waals surface area contributed by atoms with Crippen LogP contribution in [0.25, 0.3) is 0 Å². The van der Waals surface area contributed by atoms with Crippen molar-refractivity contribution >= 4 is 11.6 Å². The Morgan fingerprint density at radius 1 is 2.00 bits per heavy atom. The molecule has 11 heavy (non-hydrogen) atoms. The van der Waals surface area contributed by atoms with E-state index >= 15 is 0 Å². The van der Waals surface area contributed by atoms with E-state index < -0.39 is 42.1 Å². The van der Waals surface area contributed by atoms with Gasteiger partial charge in [0.1, 0.15) is 5.02 Å². The van der Waals surface area contributed by atoms with Crippen molar-refractivity contribution < 1.29 is 14.3 Å². The van der Waals surface area contributed by atoms with Crippen molar-refractivity contribution in [3.05, 3.63) is 23.3 Å². The molecule has 3 heteroatoms. The average molecular weight is 179 g/mol. The highest BCUT2D eigenvalue weighted by atomic mass is 35.5. The van der Waals surface area contributed by atoms with Gasteiger partial charge in [0.2, 0.25) is 5.88 Å². The summed E-state index contributed by atoms with van der Waals surface area (Å²) in [6, 6.07) is -0.985. The normalized spacial score (nSPS) is 25.8. The van der Waals surface area contributed by atoms with Crippen molar-refractivity contribution in [2.45, 2.75) is 19.9 Å². The van der Waals surface area contributed by atoms with E-state index in [4.69, 9.17) is 25.9 Å². The Hall–Kier alpha value is -0.760. The van der Waals surface area contributed by atoms with Crippen LogP contribution in [0.15, 0.2) is 18.3 Å². The molecule has 1 heterocycles. The summed E-state index contributed by atoms with van der Waals surface area (Å²) in [5.41, 5.74) is 0. The molecule has 0 aromatic carbocycles. The summed E-state index contributed by atoms with van der Waals surface area (Å²) < 4.78 is 55.8. The van der Waals surface area contributed by atoms with Gasteiger partial charge in [-0.15, -0.1) is 0 Å². The molecule has 0 saturated carbocycles. The summed E-state index contributed by atoms with van der Waals surface area (Å²) in [5, 5.41) is -0.390. The van der Waals surface area contributed by atoms with Gasteiger partial charge in [0.15, 0.2) is 0 Å². The second-order valence-corrected chi connectivity index (χ2v) is 2.13. The first kappa shape index (κ1) is 2.94. The molecule has 0 fully saturated rings. The average Bonchev–Trinajstić information content (AvgIpc) is 2.21. The maximum atomic E-state index is 7.55. The molecule has 0 bridgehead atoms. The predicted molar refractivity (Wildman–Crippen MR) is 45.0 cm³/mol. The van der Waals surface area contributed by atoms with Crippen LogP contribution in [-0.2, 0) is 0 Å². The van der Waals surface area contributed by atoms with E-state index in [1.54, 1.807) is 0 Å². The maximum absolute atomic E-state index is 7.55. The number of rotatable bonds is 2. The highest BCUT2D eigenvalue weighted by molar-refractivity contribution is 6.31. The number of hydrogen-bond donors (Lipinski definition) is 0. The van der Waals surface area contributed by atoms with Gasteiger partial charge in [-0.05, 0) is 25.9 Å². The zero-order chi connectivity index (χ0) is 14.3. The number of ether oxygens (including phenoxy) is 1. The monoisotopic (exact) mass is 178 g/mol. The summed E-state index contributed by atoms with van der Waals surface area (Å²) in [6.07, 6.45) is -2.88. The number of pyridine rings is 1. The Balaban J connectivity index is 3.22. The second kappa shape index (κ2) is 3.58. The fraction of sp³-hybridized carbons (Fsp3) is 0.375. The van der Waals surface area contributed by atoms with Crippen LogP contribution in [0.2, 0.25) is 5.02 Å². The summed E-state index contributed by atoms with van der Waals surface area (Å²) in [7, 11) is 0. The molecule has 0 amide bonds. The fourth-order valence-electron chi connectivity index (χ4n) is 0.477. The highest BCUT2D eigenvalue weighted by Gasteiger charge is 2.02. The Labute approximate surface area is 81.0 Å². The van der Waals surface area contributed by atoms with Gasteiger partial charge in [0.25, 0.3) is 0 Å². The van der Waals surface area contributed by atoms with Crippen LogP contribution in [0, 0.1) is 0 Å². The number of nitrogens with zero attached hydrogens (tertiary/aromatic N) is 1. The molecule has 1 rings (SSSR count). The summed E-state index contributed by atoms with van der Waals surface area (Å²) in [5.74, 6) is -0.503. The van der Waals surface area contributed by atoms with Gasteiger partial charge in [-0.25, -0.2) is 4.98 Å². The molecular formula is C8H10ClNO. The van der Waals surface area contributed by atoms with E-state index in [-0.39, 0.29) is 0 Å². The first-order valence-corrected chi connectivity index (χ1v) is 3.17. The predicted octanol–water partition coefficient (Wildman–Crippen LogP) is 2.52. The van der Waals surface area contributed by atoms with Gasteiger partial charge in [0, 0.05) is 10.3 Å². The van der Waals surface area contributed by atoms with E-state index in [1.807, 2.05) is 0 Å². The molecule has 0 radical (unpaired) electrons. The van der Waals surface area contributed by atoms with Crippen LogP contribution in [0.5, 0.6) is 5.88 Å². The van der Waals surface area contributed by atoms with Gasteiger partial charge in [-0.1, -0.05) is 11.6 Å². The van der Waals surface area contributed by atoms with E-state index in [2.05, 4.69) is 4.98 Å². The third kappa shape index (κ3) is 2.39. The molecule has 0 saturated heterocycles. The van der Waals surface area contributed by atoms with Gasteiger partial charge >= 0.3 is 0 Å². The lowest BCUT2D eigenvalue weighted by atomic mass is 10.4. The standard InChI is InChI=1S/C8H10ClNO/c1-6(2)11-8-7(9)4-3-5-10-8/h3-6H,1-2H3/i1D3,3D,4D,5D,6D. The molecule has 0 aliphatic carbocycles. The minimum atomic E-state index is -2.75. The van der Waals surface area contributed by atoms with Crippen LogP contribution in [0.4, 0.5) is 0 Å². The summed E-state index contributed by atoms with van der Waals surface area (Å²) >= 11 is 5.68. The largest absolute Gasteiger partial charge is 0.474 e. The molecule has 2 nitrogen and oxygen atoms in total. The molecular weight excluding hydrogens is 162 g/mol.